The van der Waals surface area contributed by atoms with Crippen molar-refractivity contribution in [1.82, 2.24) is 20.4 Å². The summed E-state index contributed by atoms with van der Waals surface area (Å²) in [6, 6.07) is 8.02. The molecule has 0 saturated carbocycles. The zero-order valence-electron chi connectivity index (χ0n) is 13.3. The monoisotopic (exact) mass is 376 g/mol. The Morgan fingerprint density at radius 1 is 1.48 bits per heavy atom. The van der Waals surface area contributed by atoms with Gasteiger partial charge in [0.1, 0.15) is 0 Å². The molecule has 0 spiro atoms. The van der Waals surface area contributed by atoms with Crippen LogP contribution < -0.4 is 10.6 Å². The predicted molar refractivity (Wildman–Crippen MR) is 93.0 cm³/mol. The van der Waals surface area contributed by atoms with E-state index in [1.54, 1.807) is 4.68 Å². The van der Waals surface area contributed by atoms with Gasteiger partial charge in [0.05, 0.1) is 18.2 Å². The topological polar surface area (TPSA) is 59.0 Å². The second-order valence-electron chi connectivity index (χ2n) is 6.10. The van der Waals surface area contributed by atoms with E-state index in [1.165, 1.54) is 0 Å². The van der Waals surface area contributed by atoms with Crippen molar-refractivity contribution in [3.05, 3.63) is 52.3 Å². The molecular formula is C17H21BrN4O. The summed E-state index contributed by atoms with van der Waals surface area (Å²) in [5, 5.41) is 10.7. The molecule has 1 fully saturated rings. The fourth-order valence-corrected chi connectivity index (χ4v) is 3.53. The first kappa shape index (κ1) is 16.2. The van der Waals surface area contributed by atoms with Crippen LogP contribution in [0.1, 0.15) is 30.0 Å². The molecule has 2 heterocycles. The minimum Gasteiger partial charge on any atom is -0.349 e. The molecule has 0 aliphatic carbocycles. The zero-order chi connectivity index (χ0) is 16.4. The van der Waals surface area contributed by atoms with Gasteiger partial charge >= 0.3 is 0 Å². The molecule has 1 aromatic carbocycles. The molecule has 0 radical (unpaired) electrons. The van der Waals surface area contributed by atoms with Crippen LogP contribution in [0.5, 0.6) is 0 Å². The van der Waals surface area contributed by atoms with Gasteiger partial charge in [-0.15, -0.1) is 0 Å². The van der Waals surface area contributed by atoms with E-state index in [9.17, 15) is 4.79 Å². The van der Waals surface area contributed by atoms with E-state index in [2.05, 4.69) is 31.7 Å². The first-order chi connectivity index (χ1) is 11.0. The Morgan fingerprint density at radius 3 is 3.00 bits per heavy atom. The second-order valence-corrected chi connectivity index (χ2v) is 7.02. The second kappa shape index (κ2) is 6.84. The summed E-state index contributed by atoms with van der Waals surface area (Å²) in [6.07, 6.45) is 3.85. The lowest BCUT2D eigenvalue weighted by Gasteiger charge is -2.21. The lowest BCUT2D eigenvalue weighted by Crippen LogP contribution is -2.35. The van der Waals surface area contributed by atoms with Crippen LogP contribution in [0.2, 0.25) is 0 Å². The summed E-state index contributed by atoms with van der Waals surface area (Å²) in [5.74, 6) is 0.212. The van der Waals surface area contributed by atoms with Crippen molar-refractivity contribution in [2.75, 3.05) is 13.1 Å². The van der Waals surface area contributed by atoms with Crippen LogP contribution in [0.15, 0.2) is 41.1 Å². The third-order valence-electron chi connectivity index (χ3n) is 4.41. The maximum Gasteiger partial charge on any atom is 0.225 e. The molecule has 122 valence electrons. The van der Waals surface area contributed by atoms with Crippen LogP contribution in [0.4, 0.5) is 0 Å². The first-order valence-corrected chi connectivity index (χ1v) is 8.59. The van der Waals surface area contributed by atoms with Crippen molar-refractivity contribution < 1.29 is 4.79 Å². The fourth-order valence-electron chi connectivity index (χ4n) is 3.12. The van der Waals surface area contributed by atoms with Gasteiger partial charge in [0, 0.05) is 36.7 Å². The third kappa shape index (κ3) is 3.64. The zero-order valence-corrected chi connectivity index (χ0v) is 14.9. The van der Waals surface area contributed by atoms with E-state index < -0.39 is 0 Å². The number of halogens is 1. The number of aromatic nitrogens is 2. The van der Waals surface area contributed by atoms with Crippen molar-refractivity contribution in [2.24, 2.45) is 13.0 Å². The number of nitrogens with one attached hydrogen (secondary N) is 2. The maximum atomic E-state index is 12.7. The third-order valence-corrected chi connectivity index (χ3v) is 4.90. The van der Waals surface area contributed by atoms with Crippen molar-refractivity contribution in [3.63, 3.8) is 0 Å². The maximum absolute atomic E-state index is 12.7. The Morgan fingerprint density at radius 2 is 2.30 bits per heavy atom. The predicted octanol–water partition coefficient (Wildman–Crippen LogP) is 2.36. The van der Waals surface area contributed by atoms with E-state index in [0.717, 1.165) is 22.1 Å². The Balaban J connectivity index is 1.69. The number of hydrogen-bond donors (Lipinski definition) is 2. The molecule has 1 amide bonds. The lowest BCUT2D eigenvalue weighted by atomic mass is 9.90. The SMILES string of the molecule is CC(NC(=O)[C@H]1CNC[C@@H]1c1cnn(C)c1)c1cccc(Br)c1. The van der Waals surface area contributed by atoms with Crippen LogP contribution in [0.3, 0.4) is 0 Å². The number of amides is 1. The molecule has 6 heteroatoms. The highest BCUT2D eigenvalue weighted by atomic mass is 79.9. The number of hydrogen-bond acceptors (Lipinski definition) is 3. The summed E-state index contributed by atoms with van der Waals surface area (Å²) in [4.78, 5) is 12.7. The average Bonchev–Trinajstić information content (AvgIpc) is 3.15. The normalized spacial score (nSPS) is 22.0. The lowest BCUT2D eigenvalue weighted by molar-refractivity contribution is -0.125. The van der Waals surface area contributed by atoms with Crippen LogP contribution in [-0.4, -0.2) is 28.8 Å². The Bertz CT molecular complexity index is 699. The van der Waals surface area contributed by atoms with E-state index >= 15 is 0 Å². The number of carbonyl (C=O) groups excluding carboxylic acids is 1. The van der Waals surface area contributed by atoms with Crippen LogP contribution in [0.25, 0.3) is 0 Å². The van der Waals surface area contributed by atoms with E-state index in [-0.39, 0.29) is 23.8 Å². The largest absolute Gasteiger partial charge is 0.349 e. The molecule has 23 heavy (non-hydrogen) atoms. The summed E-state index contributed by atoms with van der Waals surface area (Å²) < 4.78 is 2.80. The smallest absolute Gasteiger partial charge is 0.225 e. The first-order valence-electron chi connectivity index (χ1n) is 7.79. The highest BCUT2D eigenvalue weighted by Gasteiger charge is 2.35. The summed E-state index contributed by atoms with van der Waals surface area (Å²) in [5.41, 5.74) is 2.21. The minimum atomic E-state index is -0.0613. The quantitative estimate of drug-likeness (QED) is 0.860. The van der Waals surface area contributed by atoms with Gasteiger partial charge in [0.15, 0.2) is 0 Å². The van der Waals surface area contributed by atoms with Crippen molar-refractivity contribution in [3.8, 4) is 0 Å². The van der Waals surface area contributed by atoms with Gasteiger partial charge in [-0.1, -0.05) is 28.1 Å². The summed E-state index contributed by atoms with van der Waals surface area (Å²) in [6.45, 7) is 3.53. The van der Waals surface area contributed by atoms with Crippen molar-refractivity contribution in [2.45, 2.75) is 18.9 Å². The molecule has 0 bridgehead atoms. The molecule has 2 N–H and O–H groups in total. The molecule has 1 aromatic heterocycles. The molecular weight excluding hydrogens is 356 g/mol. The van der Waals surface area contributed by atoms with Gasteiger partial charge in [-0.05, 0) is 30.2 Å². The molecule has 1 aliphatic heterocycles. The average molecular weight is 377 g/mol. The number of benzene rings is 1. The molecule has 2 aromatic rings. The van der Waals surface area contributed by atoms with Gasteiger partial charge in [0.2, 0.25) is 5.91 Å². The summed E-state index contributed by atoms with van der Waals surface area (Å²) >= 11 is 3.47. The van der Waals surface area contributed by atoms with Crippen molar-refractivity contribution >= 4 is 21.8 Å². The molecule has 5 nitrogen and oxygen atoms in total. The van der Waals surface area contributed by atoms with Crippen molar-refractivity contribution in [1.29, 1.82) is 0 Å². The fraction of sp³-hybridized carbons (Fsp3) is 0.412. The molecule has 3 atom stereocenters. The van der Waals surface area contributed by atoms with Gasteiger partial charge in [0.25, 0.3) is 0 Å². The number of aryl methyl sites for hydroxylation is 1. The highest BCUT2D eigenvalue weighted by Crippen LogP contribution is 2.28. The van der Waals surface area contributed by atoms with Gasteiger partial charge in [-0.3, -0.25) is 9.48 Å². The Labute approximate surface area is 144 Å². The molecule has 1 aliphatic rings. The standard InChI is InChI=1S/C17H21BrN4O/c1-11(12-4-3-5-14(18)6-12)21-17(23)16-9-19-8-15(16)13-7-20-22(2)10-13/h3-7,10-11,15-16,19H,8-9H2,1-2H3,(H,21,23)/t11?,15-,16+/m1/s1. The summed E-state index contributed by atoms with van der Waals surface area (Å²) in [7, 11) is 1.90. The Kier molecular flexibility index (Phi) is 4.82. The molecule has 1 unspecified atom stereocenters. The number of nitrogens with zero attached hydrogens (tertiary/aromatic N) is 2. The van der Waals surface area contributed by atoms with Crippen LogP contribution in [-0.2, 0) is 11.8 Å². The van der Waals surface area contributed by atoms with Crippen LogP contribution >= 0.6 is 15.9 Å². The highest BCUT2D eigenvalue weighted by molar-refractivity contribution is 9.10. The number of rotatable bonds is 4. The molecule has 3 rings (SSSR count). The Hall–Kier alpha value is -1.66. The van der Waals surface area contributed by atoms with Crippen LogP contribution in [0, 0.1) is 5.92 Å². The number of carbonyl (C=O) groups is 1. The van der Waals surface area contributed by atoms with Gasteiger partial charge in [-0.25, -0.2) is 0 Å². The van der Waals surface area contributed by atoms with E-state index in [1.807, 2.05) is 50.6 Å². The van der Waals surface area contributed by atoms with E-state index in [0.29, 0.717) is 6.54 Å². The van der Waals surface area contributed by atoms with E-state index in [4.69, 9.17) is 0 Å². The van der Waals surface area contributed by atoms with Gasteiger partial charge < -0.3 is 10.6 Å². The van der Waals surface area contributed by atoms with Gasteiger partial charge in [-0.2, -0.15) is 5.10 Å². The molecule has 1 saturated heterocycles. The minimum absolute atomic E-state index is 0.0184.